The highest BCUT2D eigenvalue weighted by molar-refractivity contribution is 5.57. The summed E-state index contributed by atoms with van der Waals surface area (Å²) in [5, 5.41) is 3.97. The first-order valence-corrected chi connectivity index (χ1v) is 8.49. The summed E-state index contributed by atoms with van der Waals surface area (Å²) in [7, 11) is 0. The van der Waals surface area contributed by atoms with Crippen LogP contribution in [-0.4, -0.2) is 25.2 Å². The van der Waals surface area contributed by atoms with Gasteiger partial charge in [0.1, 0.15) is 0 Å². The largest absolute Gasteiger partial charge is 0.369 e. The number of hydrogen-bond donors (Lipinski definition) is 1. The average molecular weight is 270 g/mol. The molecule has 1 N–H and O–H groups in total. The van der Waals surface area contributed by atoms with E-state index in [-0.39, 0.29) is 0 Å². The van der Waals surface area contributed by atoms with Crippen molar-refractivity contribution >= 4 is 5.69 Å². The molecular formula is C18H26N2. The van der Waals surface area contributed by atoms with Gasteiger partial charge in [-0.15, -0.1) is 0 Å². The van der Waals surface area contributed by atoms with Crippen LogP contribution in [-0.2, 0) is 6.42 Å². The predicted molar refractivity (Wildman–Crippen MR) is 84.3 cm³/mol. The summed E-state index contributed by atoms with van der Waals surface area (Å²) in [6.45, 7) is 2.42. The van der Waals surface area contributed by atoms with Crippen molar-refractivity contribution in [1.82, 2.24) is 5.32 Å². The Labute approximate surface area is 122 Å². The number of anilines is 1. The molecule has 1 saturated heterocycles. The SMILES string of the molecule is c1ccc2c(c1)CCN2CC1CCC2CCCCC2N1. The molecule has 1 aromatic carbocycles. The lowest BCUT2D eigenvalue weighted by molar-refractivity contribution is 0.177. The smallest absolute Gasteiger partial charge is 0.0400 e. The topological polar surface area (TPSA) is 15.3 Å². The van der Waals surface area contributed by atoms with Crippen molar-refractivity contribution in [3.8, 4) is 0 Å². The Balaban J connectivity index is 1.41. The van der Waals surface area contributed by atoms with Crippen LogP contribution in [0.4, 0.5) is 5.69 Å². The molecule has 2 heterocycles. The minimum atomic E-state index is 0.709. The maximum absolute atomic E-state index is 3.97. The van der Waals surface area contributed by atoms with E-state index < -0.39 is 0 Å². The van der Waals surface area contributed by atoms with Gasteiger partial charge < -0.3 is 10.2 Å². The second-order valence-corrected chi connectivity index (χ2v) is 6.92. The molecule has 1 aliphatic carbocycles. The van der Waals surface area contributed by atoms with E-state index >= 15 is 0 Å². The molecule has 1 aromatic rings. The molecule has 0 bridgehead atoms. The summed E-state index contributed by atoms with van der Waals surface area (Å²) in [4.78, 5) is 2.61. The van der Waals surface area contributed by atoms with Gasteiger partial charge >= 0.3 is 0 Å². The Bertz CT molecular complexity index is 470. The van der Waals surface area contributed by atoms with Gasteiger partial charge in [0.05, 0.1) is 0 Å². The Morgan fingerprint density at radius 2 is 1.95 bits per heavy atom. The molecule has 20 heavy (non-hydrogen) atoms. The Kier molecular flexibility index (Phi) is 3.43. The van der Waals surface area contributed by atoms with E-state index in [1.807, 2.05) is 0 Å². The van der Waals surface area contributed by atoms with Crippen molar-refractivity contribution in [2.75, 3.05) is 18.0 Å². The van der Waals surface area contributed by atoms with Crippen molar-refractivity contribution in [3.05, 3.63) is 29.8 Å². The fourth-order valence-corrected chi connectivity index (χ4v) is 4.58. The molecule has 0 amide bonds. The van der Waals surface area contributed by atoms with E-state index in [4.69, 9.17) is 0 Å². The van der Waals surface area contributed by atoms with Crippen LogP contribution in [0.3, 0.4) is 0 Å². The molecule has 0 aromatic heterocycles. The molecule has 0 radical (unpaired) electrons. The molecule has 108 valence electrons. The third-order valence-corrected chi connectivity index (χ3v) is 5.67. The lowest BCUT2D eigenvalue weighted by Crippen LogP contribution is -2.52. The third-order valence-electron chi connectivity index (χ3n) is 5.67. The van der Waals surface area contributed by atoms with E-state index in [0.29, 0.717) is 6.04 Å². The number of rotatable bonds is 2. The maximum Gasteiger partial charge on any atom is 0.0400 e. The number of benzene rings is 1. The highest BCUT2D eigenvalue weighted by Crippen LogP contribution is 2.33. The van der Waals surface area contributed by atoms with Gasteiger partial charge in [0.15, 0.2) is 0 Å². The van der Waals surface area contributed by atoms with E-state index in [1.54, 1.807) is 5.56 Å². The van der Waals surface area contributed by atoms with Gasteiger partial charge in [0, 0.05) is 30.9 Å². The predicted octanol–water partition coefficient (Wildman–Crippen LogP) is 3.36. The Morgan fingerprint density at radius 1 is 1.05 bits per heavy atom. The van der Waals surface area contributed by atoms with E-state index in [9.17, 15) is 0 Å². The molecule has 3 aliphatic rings. The first-order valence-electron chi connectivity index (χ1n) is 8.49. The summed E-state index contributed by atoms with van der Waals surface area (Å²) in [6, 6.07) is 10.5. The van der Waals surface area contributed by atoms with Crippen LogP contribution >= 0.6 is 0 Å². The number of nitrogens with one attached hydrogen (secondary N) is 1. The molecule has 2 fully saturated rings. The quantitative estimate of drug-likeness (QED) is 0.886. The van der Waals surface area contributed by atoms with Crippen LogP contribution in [0.1, 0.15) is 44.1 Å². The minimum absolute atomic E-state index is 0.709. The number of fused-ring (bicyclic) bond motifs is 2. The van der Waals surface area contributed by atoms with Crippen molar-refractivity contribution < 1.29 is 0 Å². The second-order valence-electron chi connectivity index (χ2n) is 6.92. The highest BCUT2D eigenvalue weighted by atomic mass is 15.2. The molecule has 0 spiro atoms. The van der Waals surface area contributed by atoms with Gasteiger partial charge in [0.2, 0.25) is 0 Å². The molecule has 1 saturated carbocycles. The van der Waals surface area contributed by atoms with Crippen LogP contribution < -0.4 is 10.2 Å². The molecule has 3 unspecified atom stereocenters. The fraction of sp³-hybridized carbons (Fsp3) is 0.667. The summed E-state index contributed by atoms with van der Waals surface area (Å²) >= 11 is 0. The highest BCUT2D eigenvalue weighted by Gasteiger charge is 2.32. The van der Waals surface area contributed by atoms with Crippen molar-refractivity contribution in [2.45, 2.75) is 57.0 Å². The third kappa shape index (κ3) is 2.35. The monoisotopic (exact) mass is 270 g/mol. The molecule has 4 rings (SSSR count). The van der Waals surface area contributed by atoms with Crippen LogP contribution in [0, 0.1) is 5.92 Å². The van der Waals surface area contributed by atoms with Gasteiger partial charge in [-0.2, -0.15) is 0 Å². The minimum Gasteiger partial charge on any atom is -0.369 e. The Hall–Kier alpha value is -1.02. The first-order chi connectivity index (χ1) is 9.90. The van der Waals surface area contributed by atoms with E-state index in [0.717, 1.165) is 12.0 Å². The molecule has 2 aliphatic heterocycles. The lowest BCUT2D eigenvalue weighted by atomic mass is 9.78. The van der Waals surface area contributed by atoms with Crippen molar-refractivity contribution in [2.24, 2.45) is 5.92 Å². The zero-order valence-corrected chi connectivity index (χ0v) is 12.4. The van der Waals surface area contributed by atoms with Crippen LogP contribution in [0.5, 0.6) is 0 Å². The van der Waals surface area contributed by atoms with Gasteiger partial charge in [-0.25, -0.2) is 0 Å². The summed E-state index contributed by atoms with van der Waals surface area (Å²) in [5.74, 6) is 0.978. The molecule has 3 atom stereocenters. The van der Waals surface area contributed by atoms with Crippen LogP contribution in [0.15, 0.2) is 24.3 Å². The lowest BCUT2D eigenvalue weighted by Gasteiger charge is -2.41. The molecule has 2 nitrogen and oxygen atoms in total. The summed E-state index contributed by atoms with van der Waals surface area (Å²) in [6.07, 6.45) is 9.85. The normalized spacial score (nSPS) is 32.8. The van der Waals surface area contributed by atoms with Crippen molar-refractivity contribution in [3.63, 3.8) is 0 Å². The fourth-order valence-electron chi connectivity index (χ4n) is 4.58. The van der Waals surface area contributed by atoms with Crippen molar-refractivity contribution in [1.29, 1.82) is 0 Å². The average Bonchev–Trinajstić information content (AvgIpc) is 2.91. The Morgan fingerprint density at radius 3 is 2.95 bits per heavy atom. The maximum atomic E-state index is 3.97. The van der Waals surface area contributed by atoms with E-state index in [1.165, 1.54) is 63.7 Å². The number of para-hydroxylation sites is 1. The first kappa shape index (κ1) is 12.7. The van der Waals surface area contributed by atoms with Gasteiger partial charge in [-0.1, -0.05) is 31.0 Å². The van der Waals surface area contributed by atoms with Gasteiger partial charge in [0.25, 0.3) is 0 Å². The molecular weight excluding hydrogens is 244 g/mol. The number of piperidine rings is 1. The zero-order chi connectivity index (χ0) is 13.4. The van der Waals surface area contributed by atoms with Gasteiger partial charge in [-0.05, 0) is 49.7 Å². The summed E-state index contributed by atoms with van der Waals surface area (Å²) < 4.78 is 0. The molecule has 2 heteroatoms. The van der Waals surface area contributed by atoms with Gasteiger partial charge in [-0.3, -0.25) is 0 Å². The number of nitrogens with zero attached hydrogens (tertiary/aromatic N) is 1. The summed E-state index contributed by atoms with van der Waals surface area (Å²) in [5.41, 5.74) is 3.03. The van der Waals surface area contributed by atoms with Crippen LogP contribution in [0.2, 0.25) is 0 Å². The zero-order valence-electron chi connectivity index (χ0n) is 12.4. The standard InChI is InChI=1S/C18H26N2/c1-3-7-17-14(5-1)9-10-16(19-17)13-20-12-11-15-6-2-4-8-18(15)20/h2,4,6,8,14,16-17,19H,1,3,5,7,9-13H2. The van der Waals surface area contributed by atoms with E-state index in [2.05, 4.69) is 34.5 Å². The number of hydrogen-bond acceptors (Lipinski definition) is 2. The van der Waals surface area contributed by atoms with Crippen LogP contribution in [0.25, 0.3) is 0 Å². The second kappa shape index (κ2) is 5.40.